The molecule has 0 aliphatic carbocycles. The lowest BCUT2D eigenvalue weighted by molar-refractivity contribution is 0.00983. The van der Waals surface area contributed by atoms with Gasteiger partial charge in [-0.1, -0.05) is 32.4 Å². The summed E-state index contributed by atoms with van der Waals surface area (Å²) >= 11 is 5.96. The third-order valence-electron chi connectivity index (χ3n) is 5.09. The normalized spacial score (nSPS) is 12.0. The molecule has 2 aromatic heterocycles. The number of amides is 1. The van der Waals surface area contributed by atoms with Gasteiger partial charge in [-0.25, -0.2) is 14.2 Å². The molecular weight excluding hydrogens is 463 g/mol. The predicted molar refractivity (Wildman–Crippen MR) is 134 cm³/mol. The van der Waals surface area contributed by atoms with Crippen LogP contribution in [0.1, 0.15) is 59.2 Å². The summed E-state index contributed by atoms with van der Waals surface area (Å²) < 4.78 is 25.7. The van der Waals surface area contributed by atoms with Crippen molar-refractivity contribution in [1.82, 2.24) is 14.9 Å². The van der Waals surface area contributed by atoms with Crippen LogP contribution in [0.2, 0.25) is 5.15 Å². The van der Waals surface area contributed by atoms with Gasteiger partial charge in [-0.3, -0.25) is 0 Å². The molecule has 1 atom stereocenters. The van der Waals surface area contributed by atoms with Crippen molar-refractivity contribution in [2.75, 3.05) is 32.1 Å². The second-order valence-corrected chi connectivity index (χ2v) is 8.85. The molecular formula is C24H38ClFN4O4. The number of nitrogens with one attached hydrogen (secondary N) is 1. The molecule has 2 aromatic rings. The molecule has 0 radical (unpaired) electrons. The Kier molecular flexibility index (Phi) is 11.2. The van der Waals surface area contributed by atoms with E-state index in [4.69, 9.17) is 21.1 Å². The summed E-state index contributed by atoms with van der Waals surface area (Å²) in [5, 5.41) is 13.3. The number of ether oxygens (including phenoxy) is 2. The molecule has 0 bridgehead atoms. The van der Waals surface area contributed by atoms with Crippen LogP contribution in [-0.4, -0.2) is 64.5 Å². The maximum Gasteiger partial charge on any atom is 0.410 e. The van der Waals surface area contributed by atoms with E-state index >= 15 is 0 Å². The molecule has 2 rings (SSSR count). The van der Waals surface area contributed by atoms with E-state index in [-0.39, 0.29) is 36.1 Å². The minimum atomic E-state index is -0.668. The number of methoxy groups -OCH3 is 1. The summed E-state index contributed by atoms with van der Waals surface area (Å²) in [5.74, 6) is -0.130. The van der Waals surface area contributed by atoms with Gasteiger partial charge in [0.15, 0.2) is 11.0 Å². The van der Waals surface area contributed by atoms with Crippen LogP contribution in [0.4, 0.5) is 15.0 Å². The molecule has 192 valence electrons. The van der Waals surface area contributed by atoms with Crippen LogP contribution in [0.25, 0.3) is 10.8 Å². The number of anilines is 1. The Labute approximate surface area is 206 Å². The number of hydrogen-bond donors (Lipinski definition) is 2. The van der Waals surface area contributed by atoms with E-state index in [1.54, 1.807) is 34.6 Å². The number of pyridine rings is 2. The number of carbonyl (C=O) groups excluding carboxylic acids is 1. The first kappa shape index (κ1) is 29.6. The van der Waals surface area contributed by atoms with Crippen molar-refractivity contribution in [2.24, 2.45) is 0 Å². The van der Waals surface area contributed by atoms with Crippen LogP contribution in [0.5, 0.6) is 5.88 Å². The van der Waals surface area contributed by atoms with E-state index in [2.05, 4.69) is 15.3 Å². The Morgan fingerprint density at radius 3 is 2.35 bits per heavy atom. The SMILES string of the molecule is CC.CCC(CO)N(CCNc1nc(C)c(C)c2c(F)c(Cl)nc(OC)c12)C(=O)OC(C)(C)C. The lowest BCUT2D eigenvalue weighted by Gasteiger charge is -2.32. The highest BCUT2D eigenvalue weighted by Crippen LogP contribution is 2.37. The van der Waals surface area contributed by atoms with Gasteiger partial charge in [0.05, 0.1) is 25.1 Å². The first-order chi connectivity index (χ1) is 15.9. The smallest absolute Gasteiger partial charge is 0.410 e. The molecule has 0 saturated heterocycles. The summed E-state index contributed by atoms with van der Waals surface area (Å²) in [6.45, 7) is 15.1. The van der Waals surface area contributed by atoms with Gasteiger partial charge in [-0.05, 0) is 46.6 Å². The molecule has 0 spiro atoms. The number of nitrogens with zero attached hydrogens (tertiary/aromatic N) is 3. The highest BCUT2D eigenvalue weighted by atomic mass is 35.5. The van der Waals surface area contributed by atoms with Gasteiger partial charge in [0, 0.05) is 24.2 Å². The zero-order valence-corrected chi connectivity index (χ0v) is 22.4. The summed E-state index contributed by atoms with van der Waals surface area (Å²) in [6.07, 6.45) is 0.0392. The van der Waals surface area contributed by atoms with E-state index < -0.39 is 23.6 Å². The Morgan fingerprint density at radius 1 is 1.24 bits per heavy atom. The van der Waals surface area contributed by atoms with E-state index in [9.17, 15) is 14.3 Å². The lowest BCUT2D eigenvalue weighted by Crippen LogP contribution is -2.46. The number of carbonyl (C=O) groups is 1. The molecule has 1 unspecified atom stereocenters. The molecule has 0 aliphatic rings. The van der Waals surface area contributed by atoms with Crippen molar-refractivity contribution >= 4 is 34.3 Å². The highest BCUT2D eigenvalue weighted by molar-refractivity contribution is 6.30. The predicted octanol–water partition coefficient (Wildman–Crippen LogP) is 5.49. The molecule has 8 nitrogen and oxygen atoms in total. The molecule has 34 heavy (non-hydrogen) atoms. The number of halogens is 2. The first-order valence-corrected chi connectivity index (χ1v) is 11.9. The third-order valence-corrected chi connectivity index (χ3v) is 5.34. The van der Waals surface area contributed by atoms with Gasteiger partial charge in [0.1, 0.15) is 11.4 Å². The Bertz CT molecular complexity index is 970. The number of aromatic nitrogens is 2. The maximum atomic E-state index is 14.8. The average Bonchev–Trinajstić information content (AvgIpc) is 2.78. The number of fused-ring (bicyclic) bond motifs is 1. The van der Waals surface area contributed by atoms with Crippen molar-refractivity contribution < 1.29 is 23.8 Å². The highest BCUT2D eigenvalue weighted by Gasteiger charge is 2.27. The fraction of sp³-hybridized carbons (Fsp3) is 0.625. The van der Waals surface area contributed by atoms with E-state index in [0.717, 1.165) is 0 Å². The van der Waals surface area contributed by atoms with Crippen molar-refractivity contribution in [2.45, 2.75) is 73.5 Å². The first-order valence-electron chi connectivity index (χ1n) is 11.5. The Morgan fingerprint density at radius 2 is 1.85 bits per heavy atom. The third kappa shape index (κ3) is 7.06. The van der Waals surface area contributed by atoms with E-state index in [1.807, 2.05) is 20.8 Å². The van der Waals surface area contributed by atoms with Gasteiger partial charge in [0.25, 0.3) is 0 Å². The van der Waals surface area contributed by atoms with Crippen LogP contribution in [-0.2, 0) is 4.74 Å². The lowest BCUT2D eigenvalue weighted by atomic mass is 10.1. The molecule has 2 N–H and O–H groups in total. The van der Waals surface area contributed by atoms with Crippen molar-refractivity contribution in [3.8, 4) is 5.88 Å². The largest absolute Gasteiger partial charge is 0.480 e. The van der Waals surface area contributed by atoms with Gasteiger partial charge < -0.3 is 24.8 Å². The minimum absolute atomic E-state index is 0.148. The molecule has 2 heterocycles. The number of aliphatic hydroxyl groups is 1. The average molecular weight is 501 g/mol. The summed E-state index contributed by atoms with van der Waals surface area (Å²) in [4.78, 5) is 22.7. The van der Waals surface area contributed by atoms with E-state index in [1.165, 1.54) is 12.0 Å². The molecule has 1 amide bonds. The van der Waals surface area contributed by atoms with Crippen molar-refractivity contribution in [1.29, 1.82) is 0 Å². The standard InChI is InChI=1S/C22H32ClFN4O4.C2H6/c1-8-14(11-29)28(21(30)32-22(4,5)6)10-9-25-19-16-15(12(2)13(3)26-19)17(24)18(23)27-20(16)31-7;1-2/h14,29H,8-11H2,1-7H3,(H,25,26);1-2H3. The summed E-state index contributed by atoms with van der Waals surface area (Å²) in [6, 6.07) is -0.399. The summed E-state index contributed by atoms with van der Waals surface area (Å²) in [5.41, 5.74) is 0.583. The van der Waals surface area contributed by atoms with Gasteiger partial charge in [-0.2, -0.15) is 4.98 Å². The minimum Gasteiger partial charge on any atom is -0.480 e. The van der Waals surface area contributed by atoms with Gasteiger partial charge >= 0.3 is 6.09 Å². The maximum absolute atomic E-state index is 14.8. The quantitative estimate of drug-likeness (QED) is 0.462. The van der Waals surface area contributed by atoms with Gasteiger partial charge in [0.2, 0.25) is 5.88 Å². The molecule has 0 aliphatic heterocycles. The molecule has 0 saturated carbocycles. The summed E-state index contributed by atoms with van der Waals surface area (Å²) in [7, 11) is 1.42. The number of aryl methyl sites for hydroxylation is 2. The fourth-order valence-electron chi connectivity index (χ4n) is 3.34. The monoisotopic (exact) mass is 500 g/mol. The van der Waals surface area contributed by atoms with Crippen LogP contribution < -0.4 is 10.1 Å². The number of aliphatic hydroxyl groups excluding tert-OH is 1. The molecule has 10 heteroatoms. The Balaban J connectivity index is 0.00000281. The topological polar surface area (TPSA) is 96.8 Å². The molecule has 0 aromatic carbocycles. The van der Waals surface area contributed by atoms with Crippen LogP contribution >= 0.6 is 11.6 Å². The van der Waals surface area contributed by atoms with Crippen molar-refractivity contribution in [3.63, 3.8) is 0 Å². The fourth-order valence-corrected chi connectivity index (χ4v) is 3.51. The van der Waals surface area contributed by atoms with Crippen LogP contribution in [0.3, 0.4) is 0 Å². The zero-order chi connectivity index (χ0) is 26.2. The van der Waals surface area contributed by atoms with Gasteiger partial charge in [-0.15, -0.1) is 0 Å². The Hall–Kier alpha value is -2.39. The molecule has 0 fully saturated rings. The second-order valence-electron chi connectivity index (χ2n) is 8.49. The zero-order valence-electron chi connectivity index (χ0n) is 21.7. The second kappa shape index (κ2) is 12.9. The number of hydrogen-bond acceptors (Lipinski definition) is 7. The van der Waals surface area contributed by atoms with Crippen LogP contribution in [0.15, 0.2) is 0 Å². The van der Waals surface area contributed by atoms with Crippen LogP contribution in [0, 0.1) is 19.7 Å². The van der Waals surface area contributed by atoms with E-state index in [0.29, 0.717) is 28.9 Å². The number of rotatable bonds is 8. The van der Waals surface area contributed by atoms with Crippen molar-refractivity contribution in [3.05, 3.63) is 22.2 Å².